The molecule has 0 saturated heterocycles. The molecule has 108 valence electrons. The van der Waals surface area contributed by atoms with Crippen molar-refractivity contribution >= 4 is 10.9 Å². The van der Waals surface area contributed by atoms with E-state index in [1.807, 2.05) is 0 Å². The van der Waals surface area contributed by atoms with Gasteiger partial charge in [-0.2, -0.15) is 0 Å². The van der Waals surface area contributed by atoms with E-state index in [4.69, 9.17) is 0 Å². The third-order valence-electron chi connectivity index (χ3n) is 4.16. The van der Waals surface area contributed by atoms with Crippen LogP contribution in [0.4, 0.5) is 0 Å². The molecule has 0 N–H and O–H groups in total. The van der Waals surface area contributed by atoms with Gasteiger partial charge in [0.1, 0.15) is 0 Å². The number of hydrogen-bond acceptors (Lipinski definition) is 0. The summed E-state index contributed by atoms with van der Waals surface area (Å²) in [5.74, 6) is 0. The Morgan fingerprint density at radius 3 is 2.14 bits per heavy atom. The molecular weight excluding hydrogens is 254 g/mol. The summed E-state index contributed by atoms with van der Waals surface area (Å²) in [7, 11) is 0. The summed E-state index contributed by atoms with van der Waals surface area (Å²) < 4.78 is 2.45. The second-order valence-electron chi connectivity index (χ2n) is 6.80. The Hall–Kier alpha value is -2.02. The molecule has 0 amide bonds. The molecule has 21 heavy (non-hydrogen) atoms. The maximum Gasteiger partial charge on any atom is 0.0488 e. The van der Waals surface area contributed by atoms with E-state index in [1.165, 1.54) is 27.7 Å². The highest BCUT2D eigenvalue weighted by Gasteiger charge is 2.23. The Balaban J connectivity index is 2.21. The highest BCUT2D eigenvalue weighted by atomic mass is 15.0. The molecule has 1 heterocycles. The zero-order valence-corrected chi connectivity index (χ0v) is 13.4. The van der Waals surface area contributed by atoms with Crippen LogP contribution in [0.15, 0.2) is 54.6 Å². The topological polar surface area (TPSA) is 4.93 Å². The Morgan fingerprint density at radius 2 is 1.48 bits per heavy atom. The lowest BCUT2D eigenvalue weighted by Gasteiger charge is -2.20. The minimum absolute atomic E-state index is 0.158. The molecule has 3 rings (SSSR count). The van der Waals surface area contributed by atoms with Crippen molar-refractivity contribution in [1.29, 1.82) is 0 Å². The minimum Gasteiger partial charge on any atom is -0.340 e. The smallest absolute Gasteiger partial charge is 0.0488 e. The zero-order chi connectivity index (χ0) is 15.0. The van der Waals surface area contributed by atoms with Crippen LogP contribution in [-0.2, 0) is 12.0 Å². The van der Waals surface area contributed by atoms with Crippen LogP contribution in [0.25, 0.3) is 10.9 Å². The number of benzene rings is 2. The highest BCUT2D eigenvalue weighted by molar-refractivity contribution is 5.86. The van der Waals surface area contributed by atoms with Crippen molar-refractivity contribution < 1.29 is 0 Å². The van der Waals surface area contributed by atoms with Crippen molar-refractivity contribution in [3.05, 3.63) is 71.4 Å². The van der Waals surface area contributed by atoms with Gasteiger partial charge in [-0.3, -0.25) is 0 Å². The van der Waals surface area contributed by atoms with Crippen molar-refractivity contribution in [3.63, 3.8) is 0 Å². The molecule has 0 bridgehead atoms. The third-order valence-corrected chi connectivity index (χ3v) is 4.16. The van der Waals surface area contributed by atoms with E-state index in [0.29, 0.717) is 0 Å². The first-order valence-corrected chi connectivity index (χ1v) is 7.61. The van der Waals surface area contributed by atoms with E-state index in [-0.39, 0.29) is 5.41 Å². The van der Waals surface area contributed by atoms with Gasteiger partial charge >= 0.3 is 0 Å². The lowest BCUT2D eigenvalue weighted by Crippen LogP contribution is -2.13. The predicted octanol–water partition coefficient (Wildman–Crippen LogP) is 5.30. The quantitative estimate of drug-likeness (QED) is 0.599. The van der Waals surface area contributed by atoms with Gasteiger partial charge in [0, 0.05) is 23.1 Å². The van der Waals surface area contributed by atoms with Gasteiger partial charge < -0.3 is 4.57 Å². The van der Waals surface area contributed by atoms with Gasteiger partial charge in [-0.15, -0.1) is 0 Å². The van der Waals surface area contributed by atoms with E-state index < -0.39 is 0 Å². The van der Waals surface area contributed by atoms with E-state index in [2.05, 4.69) is 86.9 Å². The first-order valence-electron chi connectivity index (χ1n) is 7.61. The van der Waals surface area contributed by atoms with Gasteiger partial charge in [-0.25, -0.2) is 0 Å². The van der Waals surface area contributed by atoms with Crippen molar-refractivity contribution in [1.82, 2.24) is 4.57 Å². The molecule has 1 aromatic heterocycles. The largest absolute Gasteiger partial charge is 0.340 e. The molecule has 0 atom stereocenters. The van der Waals surface area contributed by atoms with Crippen LogP contribution in [0.5, 0.6) is 0 Å². The van der Waals surface area contributed by atoms with Crippen LogP contribution < -0.4 is 0 Å². The number of rotatable bonds is 2. The molecular formula is C20H23N. The normalized spacial score (nSPS) is 12.0. The minimum atomic E-state index is 0.158. The number of para-hydroxylation sites is 1. The van der Waals surface area contributed by atoms with Crippen LogP contribution in [0.3, 0.4) is 0 Å². The summed E-state index contributed by atoms with van der Waals surface area (Å²) in [6, 6.07) is 19.5. The average molecular weight is 277 g/mol. The van der Waals surface area contributed by atoms with Crippen molar-refractivity contribution in [3.8, 4) is 0 Å². The number of aromatic nitrogens is 1. The predicted molar refractivity (Wildman–Crippen MR) is 90.9 cm³/mol. The van der Waals surface area contributed by atoms with Crippen molar-refractivity contribution in [2.75, 3.05) is 0 Å². The first-order chi connectivity index (χ1) is 9.98. The standard InChI is InChI=1S/C20H23N/c1-15-19(20(2,3)4)17-12-8-9-13-18(17)21(15)14-16-10-6-5-7-11-16/h5-13H,14H2,1-4H3. The maximum absolute atomic E-state index is 2.45. The summed E-state index contributed by atoms with van der Waals surface area (Å²) in [5.41, 5.74) is 5.69. The second kappa shape index (κ2) is 5.07. The average Bonchev–Trinajstić information content (AvgIpc) is 2.73. The molecule has 0 radical (unpaired) electrons. The molecule has 0 aliphatic carbocycles. The fourth-order valence-electron chi connectivity index (χ4n) is 3.35. The summed E-state index contributed by atoms with van der Waals surface area (Å²) in [5, 5.41) is 1.39. The number of nitrogens with zero attached hydrogens (tertiary/aromatic N) is 1. The summed E-state index contributed by atoms with van der Waals surface area (Å²) in [6.07, 6.45) is 0. The lowest BCUT2D eigenvalue weighted by molar-refractivity contribution is 0.585. The van der Waals surface area contributed by atoms with Crippen LogP contribution in [0.2, 0.25) is 0 Å². The molecule has 0 aliphatic heterocycles. The molecule has 0 aliphatic rings. The van der Waals surface area contributed by atoms with Crippen LogP contribution in [-0.4, -0.2) is 4.57 Å². The second-order valence-corrected chi connectivity index (χ2v) is 6.80. The van der Waals surface area contributed by atoms with Gasteiger partial charge in [0.15, 0.2) is 0 Å². The first kappa shape index (κ1) is 13.9. The van der Waals surface area contributed by atoms with E-state index in [0.717, 1.165) is 6.54 Å². The molecule has 1 heteroatoms. The van der Waals surface area contributed by atoms with Gasteiger partial charge in [-0.05, 0) is 29.5 Å². The van der Waals surface area contributed by atoms with E-state index >= 15 is 0 Å². The number of hydrogen-bond donors (Lipinski definition) is 0. The van der Waals surface area contributed by atoms with Crippen LogP contribution in [0.1, 0.15) is 37.6 Å². The Labute approximate surface area is 127 Å². The Kier molecular flexibility index (Phi) is 3.36. The van der Waals surface area contributed by atoms with Crippen LogP contribution in [0, 0.1) is 6.92 Å². The molecule has 0 fully saturated rings. The number of fused-ring (bicyclic) bond motifs is 1. The molecule has 0 spiro atoms. The summed E-state index contributed by atoms with van der Waals surface area (Å²) in [4.78, 5) is 0. The molecule has 0 unspecified atom stereocenters. The zero-order valence-electron chi connectivity index (χ0n) is 13.4. The summed E-state index contributed by atoms with van der Waals surface area (Å²) in [6.45, 7) is 10.1. The molecule has 2 aromatic carbocycles. The molecule has 0 saturated carbocycles. The fraction of sp³-hybridized carbons (Fsp3) is 0.300. The third kappa shape index (κ3) is 2.49. The Morgan fingerprint density at radius 1 is 0.857 bits per heavy atom. The van der Waals surface area contributed by atoms with E-state index in [9.17, 15) is 0 Å². The summed E-state index contributed by atoms with van der Waals surface area (Å²) >= 11 is 0. The van der Waals surface area contributed by atoms with Gasteiger partial charge in [0.05, 0.1) is 0 Å². The van der Waals surface area contributed by atoms with E-state index in [1.54, 1.807) is 0 Å². The lowest BCUT2D eigenvalue weighted by atomic mass is 9.85. The van der Waals surface area contributed by atoms with Crippen LogP contribution >= 0.6 is 0 Å². The highest BCUT2D eigenvalue weighted by Crippen LogP contribution is 2.35. The molecule has 3 aromatic rings. The SMILES string of the molecule is Cc1c(C(C)(C)C)c2ccccc2n1Cc1ccccc1. The van der Waals surface area contributed by atoms with Gasteiger partial charge in [0.2, 0.25) is 0 Å². The van der Waals surface area contributed by atoms with Gasteiger partial charge in [0.25, 0.3) is 0 Å². The Bertz CT molecular complexity index is 758. The monoisotopic (exact) mass is 277 g/mol. The van der Waals surface area contributed by atoms with Crippen molar-refractivity contribution in [2.24, 2.45) is 0 Å². The van der Waals surface area contributed by atoms with Crippen molar-refractivity contribution in [2.45, 2.75) is 39.7 Å². The fourth-order valence-corrected chi connectivity index (χ4v) is 3.35. The maximum atomic E-state index is 2.45. The molecule has 1 nitrogen and oxygen atoms in total. The van der Waals surface area contributed by atoms with Gasteiger partial charge in [-0.1, -0.05) is 69.3 Å².